The van der Waals surface area contributed by atoms with E-state index in [4.69, 9.17) is 4.74 Å². The van der Waals surface area contributed by atoms with E-state index in [1.165, 1.54) is 11.8 Å². The molecule has 0 saturated heterocycles. The summed E-state index contributed by atoms with van der Waals surface area (Å²) in [6, 6.07) is 13.0. The Kier molecular flexibility index (Phi) is 4.51. The molecule has 0 fully saturated rings. The third kappa shape index (κ3) is 2.97. The van der Waals surface area contributed by atoms with E-state index >= 15 is 0 Å². The van der Waals surface area contributed by atoms with Crippen LogP contribution in [-0.2, 0) is 22.4 Å². The number of para-hydroxylation sites is 2. The molecule has 0 unspecified atom stereocenters. The third-order valence-electron chi connectivity index (χ3n) is 4.16. The summed E-state index contributed by atoms with van der Waals surface area (Å²) in [7, 11) is 1.57. The predicted octanol–water partition coefficient (Wildman–Crippen LogP) is 2.79. The van der Waals surface area contributed by atoms with E-state index in [1.807, 2.05) is 36.4 Å². The zero-order valence-electron chi connectivity index (χ0n) is 13.8. The van der Waals surface area contributed by atoms with Gasteiger partial charge in [-0.1, -0.05) is 30.3 Å². The van der Waals surface area contributed by atoms with Crippen molar-refractivity contribution in [1.29, 1.82) is 0 Å². The maximum absolute atomic E-state index is 12.8. The summed E-state index contributed by atoms with van der Waals surface area (Å²) in [6.07, 6.45) is 1.00. The lowest BCUT2D eigenvalue weighted by atomic mass is 10.1. The summed E-state index contributed by atoms with van der Waals surface area (Å²) in [5, 5.41) is 3.27. The van der Waals surface area contributed by atoms with Crippen molar-refractivity contribution in [3.63, 3.8) is 0 Å². The topological polar surface area (TPSA) is 58.6 Å². The summed E-state index contributed by atoms with van der Waals surface area (Å²) in [6.45, 7) is 2.23. The monoisotopic (exact) mass is 324 g/mol. The molecule has 0 spiro atoms. The van der Waals surface area contributed by atoms with Crippen LogP contribution in [0.15, 0.2) is 42.5 Å². The smallest absolute Gasteiger partial charge is 0.238 e. The Balaban J connectivity index is 1.93. The standard InChI is InChI=1S/C19H20N2O3/c1-13(22)21(16-8-5-7-14-10-11-20-19(14)16)18(23)12-15-6-3-4-9-17(15)24-2/h3-9,20H,10-12H2,1-2H3. The van der Waals surface area contributed by atoms with Gasteiger partial charge in [-0.15, -0.1) is 0 Å². The van der Waals surface area contributed by atoms with E-state index in [0.717, 1.165) is 29.8 Å². The van der Waals surface area contributed by atoms with Crippen LogP contribution < -0.4 is 15.0 Å². The van der Waals surface area contributed by atoms with Crippen LogP contribution in [0.5, 0.6) is 5.75 Å². The fraction of sp³-hybridized carbons (Fsp3) is 0.263. The molecule has 2 aromatic rings. The maximum atomic E-state index is 12.8. The molecule has 124 valence electrons. The van der Waals surface area contributed by atoms with Gasteiger partial charge in [0.05, 0.1) is 24.9 Å². The summed E-state index contributed by atoms with van der Waals surface area (Å²) >= 11 is 0. The molecule has 1 aliphatic heterocycles. The first-order valence-corrected chi connectivity index (χ1v) is 7.93. The summed E-state index contributed by atoms with van der Waals surface area (Å²) in [5.74, 6) is 0.0804. The maximum Gasteiger partial charge on any atom is 0.238 e. The van der Waals surface area contributed by atoms with Crippen molar-refractivity contribution < 1.29 is 14.3 Å². The quantitative estimate of drug-likeness (QED) is 0.939. The Morgan fingerprint density at radius 2 is 1.96 bits per heavy atom. The number of imide groups is 1. The zero-order valence-corrected chi connectivity index (χ0v) is 13.8. The molecule has 3 rings (SSSR count). The number of carbonyl (C=O) groups excluding carboxylic acids is 2. The van der Waals surface area contributed by atoms with Crippen LogP contribution >= 0.6 is 0 Å². The third-order valence-corrected chi connectivity index (χ3v) is 4.16. The summed E-state index contributed by atoms with van der Waals surface area (Å²) in [4.78, 5) is 26.3. The second kappa shape index (κ2) is 6.74. The largest absolute Gasteiger partial charge is 0.496 e. The fourth-order valence-electron chi connectivity index (χ4n) is 3.08. The molecule has 0 aromatic heterocycles. The highest BCUT2D eigenvalue weighted by Crippen LogP contribution is 2.34. The number of hydrogen-bond donors (Lipinski definition) is 1. The Labute approximate surface area is 141 Å². The number of methoxy groups -OCH3 is 1. The highest BCUT2D eigenvalue weighted by Gasteiger charge is 2.26. The van der Waals surface area contributed by atoms with Crippen molar-refractivity contribution in [1.82, 2.24) is 0 Å². The van der Waals surface area contributed by atoms with E-state index in [0.29, 0.717) is 11.4 Å². The number of amides is 2. The van der Waals surface area contributed by atoms with Crippen molar-refractivity contribution in [2.45, 2.75) is 19.8 Å². The minimum absolute atomic E-state index is 0.104. The minimum atomic E-state index is -0.294. The molecule has 0 bridgehead atoms. The number of fused-ring (bicyclic) bond motifs is 1. The van der Waals surface area contributed by atoms with E-state index in [-0.39, 0.29) is 18.2 Å². The van der Waals surface area contributed by atoms with Gasteiger partial charge in [-0.25, -0.2) is 4.90 Å². The molecule has 5 heteroatoms. The molecular formula is C19H20N2O3. The lowest BCUT2D eigenvalue weighted by Crippen LogP contribution is -2.36. The van der Waals surface area contributed by atoms with Crippen LogP contribution in [-0.4, -0.2) is 25.5 Å². The molecular weight excluding hydrogens is 304 g/mol. The SMILES string of the molecule is COc1ccccc1CC(=O)N(C(C)=O)c1cccc2c1NCC2. The second-order valence-electron chi connectivity index (χ2n) is 5.72. The summed E-state index contributed by atoms with van der Waals surface area (Å²) < 4.78 is 5.30. The van der Waals surface area contributed by atoms with Crippen LogP contribution in [0.2, 0.25) is 0 Å². The van der Waals surface area contributed by atoms with Crippen molar-refractivity contribution in [3.05, 3.63) is 53.6 Å². The molecule has 2 amide bonds. The van der Waals surface area contributed by atoms with E-state index in [9.17, 15) is 9.59 Å². The highest BCUT2D eigenvalue weighted by atomic mass is 16.5. The molecule has 1 N–H and O–H groups in total. The number of nitrogens with zero attached hydrogens (tertiary/aromatic N) is 1. The number of nitrogens with one attached hydrogen (secondary N) is 1. The van der Waals surface area contributed by atoms with E-state index in [2.05, 4.69) is 5.32 Å². The van der Waals surface area contributed by atoms with Crippen LogP contribution in [0.25, 0.3) is 0 Å². The number of rotatable bonds is 4. The zero-order chi connectivity index (χ0) is 17.1. The van der Waals surface area contributed by atoms with Crippen LogP contribution in [0.3, 0.4) is 0 Å². The van der Waals surface area contributed by atoms with Gasteiger partial charge in [0.1, 0.15) is 5.75 Å². The lowest BCUT2D eigenvalue weighted by Gasteiger charge is -2.22. The Morgan fingerprint density at radius 3 is 2.71 bits per heavy atom. The highest BCUT2D eigenvalue weighted by molar-refractivity contribution is 6.16. The number of anilines is 2. The lowest BCUT2D eigenvalue weighted by molar-refractivity contribution is -0.125. The molecule has 1 heterocycles. The second-order valence-corrected chi connectivity index (χ2v) is 5.72. The van der Waals surface area contributed by atoms with Crippen LogP contribution in [0, 0.1) is 0 Å². The Morgan fingerprint density at radius 1 is 1.17 bits per heavy atom. The first-order chi connectivity index (χ1) is 11.6. The Hall–Kier alpha value is -2.82. The van der Waals surface area contributed by atoms with Crippen LogP contribution in [0.1, 0.15) is 18.1 Å². The molecule has 0 atom stereocenters. The van der Waals surface area contributed by atoms with Gasteiger partial charge < -0.3 is 10.1 Å². The van der Waals surface area contributed by atoms with Gasteiger partial charge in [-0.2, -0.15) is 0 Å². The molecule has 24 heavy (non-hydrogen) atoms. The van der Waals surface area contributed by atoms with Crippen LogP contribution in [0.4, 0.5) is 11.4 Å². The molecule has 1 aliphatic rings. The average molecular weight is 324 g/mol. The molecule has 2 aromatic carbocycles. The normalized spacial score (nSPS) is 12.2. The van der Waals surface area contributed by atoms with Crippen molar-refractivity contribution in [2.24, 2.45) is 0 Å². The minimum Gasteiger partial charge on any atom is -0.496 e. The number of hydrogen-bond acceptors (Lipinski definition) is 4. The van der Waals surface area contributed by atoms with E-state index < -0.39 is 0 Å². The van der Waals surface area contributed by atoms with Gasteiger partial charge in [0.2, 0.25) is 11.8 Å². The van der Waals surface area contributed by atoms with Crippen molar-refractivity contribution >= 4 is 23.2 Å². The van der Waals surface area contributed by atoms with Crippen molar-refractivity contribution in [2.75, 3.05) is 23.9 Å². The van der Waals surface area contributed by atoms with E-state index in [1.54, 1.807) is 13.2 Å². The van der Waals surface area contributed by atoms with Gasteiger partial charge in [-0.05, 0) is 24.1 Å². The van der Waals surface area contributed by atoms with Gasteiger partial charge in [0.15, 0.2) is 0 Å². The summed E-state index contributed by atoms with van der Waals surface area (Å²) in [5.41, 5.74) is 3.39. The predicted molar refractivity (Wildman–Crippen MR) is 93.5 cm³/mol. The molecule has 0 aliphatic carbocycles. The fourth-order valence-corrected chi connectivity index (χ4v) is 3.08. The Bertz CT molecular complexity index is 786. The van der Waals surface area contributed by atoms with Gasteiger partial charge in [-0.3, -0.25) is 9.59 Å². The number of ether oxygens (including phenoxy) is 1. The molecule has 0 saturated carbocycles. The first kappa shape index (κ1) is 16.1. The number of carbonyl (C=O) groups is 2. The molecule has 0 radical (unpaired) electrons. The number of benzene rings is 2. The van der Waals surface area contributed by atoms with Gasteiger partial charge >= 0.3 is 0 Å². The first-order valence-electron chi connectivity index (χ1n) is 7.93. The average Bonchev–Trinajstić information content (AvgIpc) is 3.04. The van der Waals surface area contributed by atoms with Crippen molar-refractivity contribution in [3.8, 4) is 5.75 Å². The molecule has 5 nitrogen and oxygen atoms in total. The van der Waals surface area contributed by atoms with Gasteiger partial charge in [0.25, 0.3) is 0 Å². The van der Waals surface area contributed by atoms with Gasteiger partial charge in [0, 0.05) is 19.0 Å².